The van der Waals surface area contributed by atoms with Gasteiger partial charge in [-0.25, -0.2) is 4.79 Å². The average molecular weight is 270 g/mol. The Balaban J connectivity index is 2.31. The Morgan fingerprint density at radius 1 is 1.20 bits per heavy atom. The lowest BCUT2D eigenvalue weighted by atomic mass is 10.1. The zero-order chi connectivity index (χ0) is 14.3. The van der Waals surface area contributed by atoms with E-state index in [1.807, 2.05) is 37.3 Å². The third-order valence-corrected chi connectivity index (χ3v) is 3.42. The van der Waals surface area contributed by atoms with Gasteiger partial charge in [-0.1, -0.05) is 25.1 Å². The molecule has 0 spiro atoms. The van der Waals surface area contributed by atoms with E-state index in [1.54, 1.807) is 6.92 Å². The highest BCUT2D eigenvalue weighted by molar-refractivity contribution is 5.82. The summed E-state index contributed by atoms with van der Waals surface area (Å²) in [6.07, 6.45) is 0.544. The fourth-order valence-corrected chi connectivity index (χ4v) is 2.28. The molecule has 0 radical (unpaired) electrons. The monoisotopic (exact) mass is 270 g/mol. The molecule has 0 aliphatic carbocycles. The first-order valence-corrected chi connectivity index (χ1v) is 6.46. The van der Waals surface area contributed by atoms with Crippen molar-refractivity contribution in [2.24, 2.45) is 0 Å². The van der Waals surface area contributed by atoms with Crippen LogP contribution in [0.5, 0.6) is 5.75 Å². The molecule has 0 aliphatic rings. The summed E-state index contributed by atoms with van der Waals surface area (Å²) in [4.78, 5) is 11.7. The molecule has 0 atom stereocenters. The van der Waals surface area contributed by atoms with E-state index in [4.69, 9.17) is 8.83 Å². The van der Waals surface area contributed by atoms with Crippen molar-refractivity contribution in [3.63, 3.8) is 0 Å². The van der Waals surface area contributed by atoms with Gasteiger partial charge in [0.2, 0.25) is 0 Å². The third kappa shape index (κ3) is 1.81. The maximum Gasteiger partial charge on any atom is 0.343 e. The number of rotatable bonds is 2. The van der Waals surface area contributed by atoms with Crippen molar-refractivity contribution in [3.8, 4) is 17.3 Å². The Kier molecular flexibility index (Phi) is 2.86. The fourth-order valence-electron chi connectivity index (χ4n) is 2.28. The lowest BCUT2D eigenvalue weighted by Crippen LogP contribution is -2.06. The molecule has 0 aliphatic heterocycles. The van der Waals surface area contributed by atoms with Crippen molar-refractivity contribution in [1.82, 2.24) is 0 Å². The van der Waals surface area contributed by atoms with Crippen molar-refractivity contribution >= 4 is 11.0 Å². The second kappa shape index (κ2) is 4.56. The van der Waals surface area contributed by atoms with Gasteiger partial charge in [0.15, 0.2) is 11.5 Å². The van der Waals surface area contributed by atoms with Gasteiger partial charge in [-0.3, -0.25) is 0 Å². The molecule has 1 N–H and O–H groups in total. The molecule has 4 heteroatoms. The maximum absolute atomic E-state index is 11.7. The molecule has 0 fully saturated rings. The first-order chi connectivity index (χ1) is 9.61. The minimum atomic E-state index is -0.546. The van der Waals surface area contributed by atoms with Crippen LogP contribution < -0.4 is 5.63 Å². The molecule has 2 aromatic heterocycles. The molecule has 4 nitrogen and oxygen atoms in total. The van der Waals surface area contributed by atoms with Gasteiger partial charge >= 0.3 is 5.63 Å². The molecule has 20 heavy (non-hydrogen) atoms. The summed E-state index contributed by atoms with van der Waals surface area (Å²) in [6.45, 7) is 3.43. The zero-order valence-corrected chi connectivity index (χ0v) is 11.3. The second-order valence-corrected chi connectivity index (χ2v) is 4.67. The number of aromatic hydroxyl groups is 1. The Morgan fingerprint density at radius 3 is 2.65 bits per heavy atom. The van der Waals surface area contributed by atoms with Crippen LogP contribution in [0, 0.1) is 6.92 Å². The summed E-state index contributed by atoms with van der Waals surface area (Å²) in [7, 11) is 0. The van der Waals surface area contributed by atoms with Crippen molar-refractivity contribution < 1.29 is 13.9 Å². The van der Waals surface area contributed by atoms with E-state index < -0.39 is 5.63 Å². The molecule has 0 amide bonds. The van der Waals surface area contributed by atoms with Gasteiger partial charge in [0.25, 0.3) is 0 Å². The Hall–Kier alpha value is -2.49. The lowest BCUT2D eigenvalue weighted by molar-refractivity contribution is 0.430. The molecule has 2 heterocycles. The van der Waals surface area contributed by atoms with E-state index in [9.17, 15) is 9.90 Å². The third-order valence-electron chi connectivity index (χ3n) is 3.42. The standard InChI is InChI=1S/C16H14O4/c1-3-11-14(17)9(2)16(18)20-15(11)13-8-10-6-4-5-7-12(10)19-13/h4-8,17H,3H2,1-2H3. The average Bonchev–Trinajstić information content (AvgIpc) is 2.88. The van der Waals surface area contributed by atoms with Crippen LogP contribution in [0.1, 0.15) is 18.1 Å². The van der Waals surface area contributed by atoms with E-state index >= 15 is 0 Å². The molecule has 0 unspecified atom stereocenters. The predicted octanol–water partition coefficient (Wildman–Crippen LogP) is 3.63. The van der Waals surface area contributed by atoms with E-state index in [0.717, 1.165) is 5.39 Å². The molecule has 0 saturated heterocycles. The molecule has 3 rings (SSSR count). The summed E-state index contributed by atoms with van der Waals surface area (Å²) in [5, 5.41) is 11.0. The molecule has 1 aromatic carbocycles. The number of hydrogen-bond donors (Lipinski definition) is 1. The van der Waals surface area contributed by atoms with E-state index in [2.05, 4.69) is 0 Å². The normalized spacial score (nSPS) is 11.1. The van der Waals surface area contributed by atoms with Crippen LogP contribution in [-0.2, 0) is 6.42 Å². The number of benzene rings is 1. The summed E-state index contributed by atoms with van der Waals surface area (Å²) in [6, 6.07) is 9.35. The smallest absolute Gasteiger partial charge is 0.343 e. The molecular weight excluding hydrogens is 256 g/mol. The minimum absolute atomic E-state index is 0.0146. The number of para-hydroxylation sites is 1. The largest absolute Gasteiger partial charge is 0.507 e. The SMILES string of the molecule is CCc1c(-c2cc3ccccc3o2)oc(=O)c(C)c1O. The highest BCUT2D eigenvalue weighted by atomic mass is 16.4. The minimum Gasteiger partial charge on any atom is -0.507 e. The van der Waals surface area contributed by atoms with Crippen LogP contribution in [0.3, 0.4) is 0 Å². The Labute approximate surface area is 115 Å². The number of fused-ring (bicyclic) bond motifs is 1. The van der Waals surface area contributed by atoms with Crippen molar-refractivity contribution in [3.05, 3.63) is 51.9 Å². The van der Waals surface area contributed by atoms with Crippen molar-refractivity contribution in [2.75, 3.05) is 0 Å². The van der Waals surface area contributed by atoms with Gasteiger partial charge in [0, 0.05) is 10.9 Å². The van der Waals surface area contributed by atoms with Gasteiger partial charge < -0.3 is 13.9 Å². The maximum atomic E-state index is 11.7. The lowest BCUT2D eigenvalue weighted by Gasteiger charge is -2.07. The Bertz CT molecular complexity index is 806. The van der Waals surface area contributed by atoms with Gasteiger partial charge in [-0.2, -0.15) is 0 Å². The van der Waals surface area contributed by atoms with Crippen molar-refractivity contribution in [2.45, 2.75) is 20.3 Å². The summed E-state index contributed by atoms with van der Waals surface area (Å²) >= 11 is 0. The second-order valence-electron chi connectivity index (χ2n) is 4.67. The van der Waals surface area contributed by atoms with Crippen LogP contribution in [0.25, 0.3) is 22.5 Å². The highest BCUT2D eigenvalue weighted by Crippen LogP contribution is 2.34. The molecule has 0 saturated carbocycles. The van der Waals surface area contributed by atoms with Crippen LogP contribution in [-0.4, -0.2) is 5.11 Å². The first kappa shape index (κ1) is 12.5. The van der Waals surface area contributed by atoms with Crippen LogP contribution >= 0.6 is 0 Å². The van der Waals surface area contributed by atoms with Crippen molar-refractivity contribution in [1.29, 1.82) is 0 Å². The van der Waals surface area contributed by atoms with E-state index in [0.29, 0.717) is 29.1 Å². The summed E-state index contributed by atoms with van der Waals surface area (Å²) in [5.74, 6) is 0.742. The molecule has 3 aromatic rings. The van der Waals surface area contributed by atoms with Crippen LogP contribution in [0.15, 0.2) is 44.0 Å². The van der Waals surface area contributed by atoms with Gasteiger partial charge in [-0.15, -0.1) is 0 Å². The van der Waals surface area contributed by atoms with E-state index in [-0.39, 0.29) is 11.3 Å². The summed E-state index contributed by atoms with van der Waals surface area (Å²) < 4.78 is 11.0. The van der Waals surface area contributed by atoms with Crippen LogP contribution in [0.2, 0.25) is 0 Å². The molecular formula is C16H14O4. The number of furan rings is 1. The predicted molar refractivity (Wildman–Crippen MR) is 76.0 cm³/mol. The fraction of sp³-hybridized carbons (Fsp3) is 0.188. The topological polar surface area (TPSA) is 63.6 Å². The Morgan fingerprint density at radius 2 is 1.95 bits per heavy atom. The quantitative estimate of drug-likeness (QED) is 0.772. The van der Waals surface area contributed by atoms with Gasteiger partial charge in [0.1, 0.15) is 11.3 Å². The first-order valence-electron chi connectivity index (χ1n) is 6.46. The van der Waals surface area contributed by atoms with Crippen LogP contribution in [0.4, 0.5) is 0 Å². The highest BCUT2D eigenvalue weighted by Gasteiger charge is 2.19. The zero-order valence-electron chi connectivity index (χ0n) is 11.3. The number of hydrogen-bond acceptors (Lipinski definition) is 4. The molecule has 102 valence electrons. The molecule has 0 bridgehead atoms. The van der Waals surface area contributed by atoms with Gasteiger partial charge in [-0.05, 0) is 25.5 Å². The van der Waals surface area contributed by atoms with Gasteiger partial charge in [0.05, 0.1) is 5.56 Å². The van der Waals surface area contributed by atoms with E-state index in [1.165, 1.54) is 0 Å². The summed E-state index contributed by atoms with van der Waals surface area (Å²) in [5.41, 5.74) is 0.977.